The first kappa shape index (κ1) is 24.5. The molecule has 2 amide bonds. The Morgan fingerprint density at radius 1 is 1.10 bits per heavy atom. The molecule has 2 rings (SSSR count). The van der Waals surface area contributed by atoms with E-state index >= 15 is 0 Å². The van der Waals surface area contributed by atoms with Gasteiger partial charge >= 0.3 is 0 Å². The minimum Gasteiger partial charge on any atom is -0.484 e. The molecule has 0 spiro atoms. The van der Waals surface area contributed by atoms with Crippen LogP contribution in [-0.4, -0.2) is 35.4 Å². The highest BCUT2D eigenvalue weighted by molar-refractivity contribution is 14.1. The Morgan fingerprint density at radius 3 is 2.37 bits per heavy atom. The molecule has 5 nitrogen and oxygen atoms in total. The Morgan fingerprint density at radius 2 is 1.77 bits per heavy atom. The predicted octanol–water partition coefficient (Wildman–Crippen LogP) is 5.05. The lowest BCUT2D eigenvalue weighted by atomic mass is 10.1. The molecule has 0 radical (unpaired) electrons. The maximum atomic E-state index is 13.1. The summed E-state index contributed by atoms with van der Waals surface area (Å²) >= 11 is 8.53. The third kappa shape index (κ3) is 7.16. The van der Waals surface area contributed by atoms with Gasteiger partial charge in [-0.3, -0.25) is 9.59 Å². The Bertz CT molecular complexity index is 845. The smallest absolute Gasteiger partial charge is 0.261 e. The van der Waals surface area contributed by atoms with E-state index in [9.17, 15) is 9.59 Å². The van der Waals surface area contributed by atoms with E-state index in [1.807, 2.05) is 63.2 Å². The van der Waals surface area contributed by atoms with Crippen LogP contribution in [0.3, 0.4) is 0 Å². The van der Waals surface area contributed by atoms with E-state index in [-0.39, 0.29) is 31.0 Å². The summed E-state index contributed by atoms with van der Waals surface area (Å²) in [5.41, 5.74) is 0.788. The van der Waals surface area contributed by atoms with Gasteiger partial charge in [-0.1, -0.05) is 43.6 Å². The summed E-state index contributed by atoms with van der Waals surface area (Å²) in [5, 5.41) is 3.55. The minimum absolute atomic E-state index is 0.0341. The van der Waals surface area contributed by atoms with Crippen molar-refractivity contribution in [2.24, 2.45) is 0 Å². The molecule has 2 atom stereocenters. The third-order valence-corrected chi connectivity index (χ3v) is 5.95. The van der Waals surface area contributed by atoms with Gasteiger partial charge < -0.3 is 15.0 Å². The molecule has 0 saturated heterocycles. The van der Waals surface area contributed by atoms with Gasteiger partial charge in [0.05, 0.1) is 0 Å². The van der Waals surface area contributed by atoms with Crippen molar-refractivity contribution in [2.75, 3.05) is 6.61 Å². The zero-order chi connectivity index (χ0) is 22.1. The monoisotopic (exact) mass is 542 g/mol. The van der Waals surface area contributed by atoms with E-state index in [2.05, 4.69) is 27.9 Å². The van der Waals surface area contributed by atoms with Gasteiger partial charge in [-0.05, 0) is 78.3 Å². The van der Waals surface area contributed by atoms with Crippen molar-refractivity contribution in [3.63, 3.8) is 0 Å². The highest BCUT2D eigenvalue weighted by Gasteiger charge is 2.29. The molecule has 2 aromatic carbocycles. The Kier molecular flexibility index (Phi) is 9.91. The van der Waals surface area contributed by atoms with E-state index in [0.29, 0.717) is 17.2 Å². The van der Waals surface area contributed by atoms with Gasteiger partial charge in [-0.25, -0.2) is 0 Å². The van der Waals surface area contributed by atoms with Crippen molar-refractivity contribution in [3.8, 4) is 5.75 Å². The van der Waals surface area contributed by atoms with Crippen molar-refractivity contribution in [3.05, 3.63) is 62.7 Å². The summed E-state index contributed by atoms with van der Waals surface area (Å²) in [6, 6.07) is 14.2. The second-order valence-electron chi connectivity index (χ2n) is 7.10. The van der Waals surface area contributed by atoms with Gasteiger partial charge in [0.15, 0.2) is 6.61 Å². The van der Waals surface area contributed by atoms with E-state index in [1.54, 1.807) is 11.0 Å². The van der Waals surface area contributed by atoms with Crippen molar-refractivity contribution in [1.29, 1.82) is 0 Å². The number of benzene rings is 2. The number of nitrogens with one attached hydrogen (secondary N) is 1. The number of carbonyl (C=O) groups is 2. The minimum atomic E-state index is -0.608. The number of hydrogen-bond acceptors (Lipinski definition) is 3. The molecule has 30 heavy (non-hydrogen) atoms. The zero-order valence-electron chi connectivity index (χ0n) is 17.5. The summed E-state index contributed by atoms with van der Waals surface area (Å²) in [6.07, 6.45) is 1.30. The zero-order valence-corrected chi connectivity index (χ0v) is 20.4. The highest BCUT2D eigenvalue weighted by Crippen LogP contribution is 2.20. The number of halogens is 2. The highest BCUT2D eigenvalue weighted by atomic mass is 127. The molecular formula is C23H28ClIN2O3. The lowest BCUT2D eigenvalue weighted by Gasteiger charge is -2.31. The number of amides is 2. The van der Waals surface area contributed by atoms with Crippen LogP contribution < -0.4 is 10.1 Å². The van der Waals surface area contributed by atoms with Gasteiger partial charge in [0.2, 0.25) is 5.91 Å². The van der Waals surface area contributed by atoms with Crippen LogP contribution in [-0.2, 0) is 16.1 Å². The number of carbonyl (C=O) groups excluding carboxylic acids is 2. The van der Waals surface area contributed by atoms with Gasteiger partial charge in [0, 0.05) is 21.2 Å². The summed E-state index contributed by atoms with van der Waals surface area (Å²) in [7, 11) is 0. The number of ether oxygens (including phenoxy) is 1. The van der Waals surface area contributed by atoms with Crippen molar-refractivity contribution in [1.82, 2.24) is 10.2 Å². The van der Waals surface area contributed by atoms with Crippen LogP contribution in [0.2, 0.25) is 5.02 Å². The fourth-order valence-corrected chi connectivity index (χ4v) is 3.48. The average molecular weight is 543 g/mol. The quantitative estimate of drug-likeness (QED) is 0.428. The molecule has 0 aliphatic rings. The molecule has 0 aliphatic carbocycles. The van der Waals surface area contributed by atoms with Crippen molar-refractivity contribution >= 4 is 46.0 Å². The van der Waals surface area contributed by atoms with Crippen molar-refractivity contribution < 1.29 is 14.3 Å². The van der Waals surface area contributed by atoms with Crippen LogP contribution in [0, 0.1) is 3.57 Å². The van der Waals surface area contributed by atoms with Gasteiger partial charge in [0.1, 0.15) is 11.8 Å². The summed E-state index contributed by atoms with van der Waals surface area (Å²) in [4.78, 5) is 27.6. The Hall–Kier alpha value is -1.80. The SMILES string of the molecule is CC[C@H](C)NC(=O)[C@H](CC)N(Cc1ccccc1Cl)C(=O)COc1ccc(I)cc1. The number of hydrogen-bond donors (Lipinski definition) is 1. The maximum absolute atomic E-state index is 13.1. The van der Waals surface area contributed by atoms with Crippen molar-refractivity contribution in [2.45, 2.75) is 52.2 Å². The summed E-state index contributed by atoms with van der Waals surface area (Å²) in [5.74, 6) is 0.180. The fourth-order valence-electron chi connectivity index (χ4n) is 2.93. The third-order valence-electron chi connectivity index (χ3n) is 4.86. The first-order chi connectivity index (χ1) is 14.3. The molecule has 7 heteroatoms. The van der Waals surface area contributed by atoms with E-state index < -0.39 is 6.04 Å². The van der Waals surface area contributed by atoms with Crippen LogP contribution in [0.15, 0.2) is 48.5 Å². The molecule has 0 fully saturated rings. The van der Waals surface area contributed by atoms with Gasteiger partial charge in [-0.2, -0.15) is 0 Å². The lowest BCUT2D eigenvalue weighted by molar-refractivity contribution is -0.143. The number of rotatable bonds is 10. The summed E-state index contributed by atoms with van der Waals surface area (Å²) in [6.45, 7) is 5.94. The van der Waals surface area contributed by atoms with Crippen LogP contribution in [0.1, 0.15) is 39.2 Å². The largest absolute Gasteiger partial charge is 0.484 e. The normalized spacial score (nSPS) is 12.7. The molecule has 1 N–H and O–H groups in total. The Balaban J connectivity index is 2.21. The molecule has 0 heterocycles. The first-order valence-electron chi connectivity index (χ1n) is 10.1. The molecule has 0 bridgehead atoms. The van der Waals surface area contributed by atoms with E-state index in [4.69, 9.17) is 16.3 Å². The molecule has 0 unspecified atom stereocenters. The van der Waals surface area contributed by atoms with Crippen LogP contribution >= 0.6 is 34.2 Å². The van der Waals surface area contributed by atoms with E-state index in [0.717, 1.165) is 15.6 Å². The van der Waals surface area contributed by atoms with Crippen LogP contribution in [0.5, 0.6) is 5.75 Å². The molecule has 0 aromatic heterocycles. The lowest BCUT2D eigenvalue weighted by Crippen LogP contribution is -2.51. The fraction of sp³-hybridized carbons (Fsp3) is 0.391. The predicted molar refractivity (Wildman–Crippen MR) is 129 cm³/mol. The second-order valence-corrected chi connectivity index (χ2v) is 8.75. The van der Waals surface area contributed by atoms with E-state index in [1.165, 1.54) is 0 Å². The first-order valence-corrected chi connectivity index (χ1v) is 11.5. The molecular weight excluding hydrogens is 515 g/mol. The maximum Gasteiger partial charge on any atom is 0.261 e. The molecule has 2 aromatic rings. The molecule has 162 valence electrons. The van der Waals surface area contributed by atoms with Gasteiger partial charge in [-0.15, -0.1) is 0 Å². The standard InChI is InChI=1S/C23H28ClIN2O3/c1-4-16(3)26-23(29)21(5-2)27(14-17-8-6-7-9-20(17)24)22(28)15-30-19-12-10-18(25)11-13-19/h6-13,16,21H,4-5,14-15H2,1-3H3,(H,26,29)/t16-,21-/m0/s1. The number of nitrogens with zero attached hydrogens (tertiary/aromatic N) is 1. The van der Waals surface area contributed by atoms with Gasteiger partial charge in [0.25, 0.3) is 5.91 Å². The Labute approximate surface area is 197 Å². The molecule has 0 saturated carbocycles. The second kappa shape index (κ2) is 12.2. The van der Waals surface area contributed by atoms with Crippen LogP contribution in [0.25, 0.3) is 0 Å². The molecule has 0 aliphatic heterocycles. The topological polar surface area (TPSA) is 58.6 Å². The van der Waals surface area contributed by atoms with Crippen LogP contribution in [0.4, 0.5) is 0 Å². The average Bonchev–Trinajstić information content (AvgIpc) is 2.74. The summed E-state index contributed by atoms with van der Waals surface area (Å²) < 4.78 is 6.77.